The van der Waals surface area contributed by atoms with Crippen LogP contribution in [0.25, 0.3) is 10.8 Å². The molecule has 0 bridgehead atoms. The van der Waals surface area contributed by atoms with Gasteiger partial charge in [0.25, 0.3) is 5.91 Å². The van der Waals surface area contributed by atoms with Crippen molar-refractivity contribution in [3.63, 3.8) is 0 Å². The second-order valence-electron chi connectivity index (χ2n) is 7.09. The molecule has 0 saturated carbocycles. The van der Waals surface area contributed by atoms with Gasteiger partial charge in [-0.05, 0) is 16.8 Å². The standard InChI is InChI=1S/C22H24N4O3S/c27-20(24-22-23-8-15-30-22)16-26(10-9-25-11-13-29-14-12-25)21(28)19-7-3-5-17-4-1-2-6-18(17)19/h1-8,15H,9-14,16H2,(H,23,24,27). The Morgan fingerprint density at radius 1 is 1.13 bits per heavy atom. The van der Waals surface area contributed by atoms with Crippen LogP contribution in [0.1, 0.15) is 10.4 Å². The topological polar surface area (TPSA) is 74.8 Å². The van der Waals surface area contributed by atoms with E-state index in [-0.39, 0.29) is 18.4 Å². The molecule has 1 fully saturated rings. The Hall–Kier alpha value is -2.81. The minimum atomic E-state index is -0.250. The molecule has 7 nitrogen and oxygen atoms in total. The van der Waals surface area contributed by atoms with E-state index < -0.39 is 0 Å². The maximum Gasteiger partial charge on any atom is 0.254 e. The monoisotopic (exact) mass is 424 g/mol. The Labute approximate surface area is 179 Å². The summed E-state index contributed by atoms with van der Waals surface area (Å²) in [6, 6.07) is 13.5. The van der Waals surface area contributed by atoms with Crippen LogP contribution in [-0.2, 0) is 9.53 Å². The van der Waals surface area contributed by atoms with Crippen LogP contribution >= 0.6 is 11.3 Å². The Morgan fingerprint density at radius 3 is 2.73 bits per heavy atom. The maximum atomic E-state index is 13.5. The lowest BCUT2D eigenvalue weighted by Crippen LogP contribution is -2.45. The molecule has 4 rings (SSSR count). The fraction of sp³-hybridized carbons (Fsp3) is 0.318. The number of fused-ring (bicyclic) bond motifs is 1. The number of ether oxygens (including phenoxy) is 1. The first-order chi connectivity index (χ1) is 14.7. The number of anilines is 1. The van der Waals surface area contributed by atoms with Crippen molar-refractivity contribution < 1.29 is 14.3 Å². The molecular weight excluding hydrogens is 400 g/mol. The zero-order valence-corrected chi connectivity index (χ0v) is 17.4. The normalized spacial score (nSPS) is 14.5. The average molecular weight is 425 g/mol. The second kappa shape index (κ2) is 9.80. The van der Waals surface area contributed by atoms with Crippen LogP contribution in [-0.4, -0.2) is 72.5 Å². The van der Waals surface area contributed by atoms with Crippen molar-refractivity contribution >= 4 is 39.1 Å². The fourth-order valence-electron chi connectivity index (χ4n) is 3.54. The van der Waals surface area contributed by atoms with E-state index in [4.69, 9.17) is 4.74 Å². The number of thiazole rings is 1. The van der Waals surface area contributed by atoms with Gasteiger partial charge in [-0.2, -0.15) is 0 Å². The highest BCUT2D eigenvalue weighted by atomic mass is 32.1. The third-order valence-corrected chi connectivity index (χ3v) is 5.80. The number of hydrogen-bond acceptors (Lipinski definition) is 6. The van der Waals surface area contributed by atoms with Crippen molar-refractivity contribution in [1.29, 1.82) is 0 Å². The van der Waals surface area contributed by atoms with Gasteiger partial charge in [0.1, 0.15) is 6.54 Å². The number of carbonyl (C=O) groups is 2. The number of nitrogens with one attached hydrogen (secondary N) is 1. The van der Waals surface area contributed by atoms with Gasteiger partial charge in [0.05, 0.1) is 13.2 Å². The number of carbonyl (C=O) groups excluding carboxylic acids is 2. The Morgan fingerprint density at radius 2 is 1.93 bits per heavy atom. The Balaban J connectivity index is 1.53. The predicted molar refractivity (Wildman–Crippen MR) is 118 cm³/mol. The Kier molecular flexibility index (Phi) is 6.68. The van der Waals surface area contributed by atoms with Crippen LogP contribution in [0.4, 0.5) is 5.13 Å². The van der Waals surface area contributed by atoms with Crippen LogP contribution in [0.2, 0.25) is 0 Å². The molecule has 2 amide bonds. The number of morpholine rings is 1. The van der Waals surface area contributed by atoms with E-state index in [0.717, 1.165) is 23.9 Å². The molecule has 1 saturated heterocycles. The molecule has 1 N–H and O–H groups in total. The predicted octanol–water partition coefficient (Wildman–Crippen LogP) is 2.71. The summed E-state index contributed by atoms with van der Waals surface area (Å²) in [6.07, 6.45) is 1.64. The summed E-state index contributed by atoms with van der Waals surface area (Å²) in [6.45, 7) is 4.20. The zero-order valence-electron chi connectivity index (χ0n) is 16.6. The van der Waals surface area contributed by atoms with E-state index in [1.807, 2.05) is 42.5 Å². The largest absolute Gasteiger partial charge is 0.379 e. The molecule has 156 valence electrons. The minimum Gasteiger partial charge on any atom is -0.379 e. The number of rotatable bonds is 7. The molecule has 0 radical (unpaired) electrons. The van der Waals surface area contributed by atoms with Gasteiger partial charge in [-0.25, -0.2) is 4.98 Å². The first-order valence-electron chi connectivity index (χ1n) is 9.97. The quantitative estimate of drug-likeness (QED) is 0.631. The van der Waals surface area contributed by atoms with Gasteiger partial charge in [0, 0.05) is 43.3 Å². The third kappa shape index (κ3) is 5.02. The van der Waals surface area contributed by atoms with Crippen LogP contribution in [0.15, 0.2) is 54.0 Å². The van der Waals surface area contributed by atoms with Crippen molar-refractivity contribution in [2.75, 3.05) is 51.3 Å². The molecule has 0 unspecified atom stereocenters. The molecule has 0 spiro atoms. The molecule has 8 heteroatoms. The molecule has 1 aromatic heterocycles. The molecule has 30 heavy (non-hydrogen) atoms. The molecule has 3 aromatic rings. The molecule has 1 aliphatic heterocycles. The summed E-state index contributed by atoms with van der Waals surface area (Å²) < 4.78 is 5.40. The highest BCUT2D eigenvalue weighted by molar-refractivity contribution is 7.13. The molecule has 2 aromatic carbocycles. The number of aromatic nitrogens is 1. The number of hydrogen-bond donors (Lipinski definition) is 1. The summed E-state index contributed by atoms with van der Waals surface area (Å²) in [7, 11) is 0. The smallest absolute Gasteiger partial charge is 0.254 e. The lowest BCUT2D eigenvalue weighted by Gasteiger charge is -2.30. The summed E-state index contributed by atoms with van der Waals surface area (Å²) in [5.41, 5.74) is 0.608. The molecule has 1 aliphatic rings. The molecule has 0 aliphatic carbocycles. The second-order valence-corrected chi connectivity index (χ2v) is 7.99. The van der Waals surface area contributed by atoms with Gasteiger partial charge in [-0.1, -0.05) is 36.4 Å². The lowest BCUT2D eigenvalue weighted by molar-refractivity contribution is -0.117. The third-order valence-electron chi connectivity index (χ3n) is 5.11. The summed E-state index contributed by atoms with van der Waals surface area (Å²) in [5, 5.41) is 7.00. The van der Waals surface area contributed by atoms with Crippen LogP contribution in [0.3, 0.4) is 0 Å². The van der Waals surface area contributed by atoms with Crippen molar-refractivity contribution in [1.82, 2.24) is 14.8 Å². The van der Waals surface area contributed by atoms with Gasteiger partial charge in [0.15, 0.2) is 5.13 Å². The first kappa shape index (κ1) is 20.5. The first-order valence-corrected chi connectivity index (χ1v) is 10.8. The fourth-order valence-corrected chi connectivity index (χ4v) is 4.08. The molecule has 0 atom stereocenters. The van der Waals surface area contributed by atoms with E-state index in [9.17, 15) is 9.59 Å². The molecular formula is C22H24N4O3S. The van der Waals surface area contributed by atoms with E-state index in [0.29, 0.717) is 37.0 Å². The number of amides is 2. The summed E-state index contributed by atoms with van der Waals surface area (Å²) in [4.78, 5) is 34.0. The number of nitrogens with zero attached hydrogens (tertiary/aromatic N) is 3. The van der Waals surface area contributed by atoms with E-state index in [1.165, 1.54) is 11.3 Å². The van der Waals surface area contributed by atoms with Crippen molar-refractivity contribution in [3.05, 3.63) is 59.6 Å². The van der Waals surface area contributed by atoms with E-state index in [1.54, 1.807) is 16.5 Å². The van der Waals surface area contributed by atoms with Gasteiger partial charge in [-0.3, -0.25) is 14.5 Å². The highest BCUT2D eigenvalue weighted by Crippen LogP contribution is 2.20. The van der Waals surface area contributed by atoms with E-state index >= 15 is 0 Å². The van der Waals surface area contributed by atoms with Gasteiger partial charge in [0.2, 0.25) is 5.91 Å². The zero-order chi connectivity index (χ0) is 20.8. The van der Waals surface area contributed by atoms with Gasteiger partial charge in [-0.15, -0.1) is 11.3 Å². The van der Waals surface area contributed by atoms with Crippen LogP contribution < -0.4 is 5.32 Å². The number of benzene rings is 2. The maximum absolute atomic E-state index is 13.5. The van der Waals surface area contributed by atoms with Gasteiger partial charge >= 0.3 is 0 Å². The summed E-state index contributed by atoms with van der Waals surface area (Å²) in [5.74, 6) is -0.394. The van der Waals surface area contributed by atoms with Crippen LogP contribution in [0.5, 0.6) is 0 Å². The van der Waals surface area contributed by atoms with E-state index in [2.05, 4.69) is 15.2 Å². The lowest BCUT2D eigenvalue weighted by atomic mass is 10.0. The molecule has 2 heterocycles. The highest BCUT2D eigenvalue weighted by Gasteiger charge is 2.22. The van der Waals surface area contributed by atoms with Crippen LogP contribution in [0, 0.1) is 0 Å². The minimum absolute atomic E-state index is 0.0219. The average Bonchev–Trinajstić information content (AvgIpc) is 3.29. The van der Waals surface area contributed by atoms with Gasteiger partial charge < -0.3 is 15.0 Å². The SMILES string of the molecule is O=C(CN(CCN1CCOCC1)C(=O)c1cccc2ccccc12)Nc1nccs1. The van der Waals surface area contributed by atoms with Crippen molar-refractivity contribution in [3.8, 4) is 0 Å². The summed E-state index contributed by atoms with van der Waals surface area (Å²) >= 11 is 1.35. The Bertz CT molecular complexity index is 997. The van der Waals surface area contributed by atoms with Crippen molar-refractivity contribution in [2.24, 2.45) is 0 Å². The van der Waals surface area contributed by atoms with Crippen molar-refractivity contribution in [2.45, 2.75) is 0 Å².